The summed E-state index contributed by atoms with van der Waals surface area (Å²) in [6, 6.07) is 24.0. The Hall–Kier alpha value is -5.17. The van der Waals surface area contributed by atoms with Gasteiger partial charge in [0, 0.05) is 12.0 Å². The smallest absolute Gasteiger partial charge is 0.430 e. The molecule has 0 saturated heterocycles. The molecule has 3 aromatic carbocycles. The van der Waals surface area contributed by atoms with Gasteiger partial charge in [0.15, 0.2) is 0 Å². The molecule has 1 aliphatic rings. The van der Waals surface area contributed by atoms with E-state index in [4.69, 9.17) is 14.2 Å². The summed E-state index contributed by atoms with van der Waals surface area (Å²) in [5.41, 5.74) is 0.529. The number of rotatable bonds is 6. The molecule has 0 aliphatic heterocycles. The van der Waals surface area contributed by atoms with E-state index in [1.807, 2.05) is 6.07 Å². The third-order valence-electron chi connectivity index (χ3n) is 6.27. The zero-order chi connectivity index (χ0) is 29.6. The second-order valence-corrected chi connectivity index (χ2v) is 10.4. The first-order chi connectivity index (χ1) is 19.5. The minimum atomic E-state index is -2.41. The first-order valence-corrected chi connectivity index (χ1v) is 12.8. The van der Waals surface area contributed by atoms with Crippen LogP contribution < -0.4 is 5.43 Å². The molecule has 0 bridgehead atoms. The first-order valence-electron chi connectivity index (χ1n) is 12.8. The summed E-state index contributed by atoms with van der Waals surface area (Å²) in [5, 5.41) is 10.2. The molecule has 210 valence electrons. The predicted octanol–water partition coefficient (Wildman–Crippen LogP) is 4.86. The summed E-state index contributed by atoms with van der Waals surface area (Å²) in [5.74, 6) is -1.94. The van der Waals surface area contributed by atoms with Crippen molar-refractivity contribution < 1.29 is 33.4 Å². The van der Waals surface area contributed by atoms with Gasteiger partial charge in [-0.25, -0.2) is 19.8 Å². The fourth-order valence-corrected chi connectivity index (χ4v) is 4.38. The fourth-order valence-electron chi connectivity index (χ4n) is 4.38. The van der Waals surface area contributed by atoms with Crippen LogP contribution in [0.2, 0.25) is 0 Å². The van der Waals surface area contributed by atoms with Gasteiger partial charge in [-0.1, -0.05) is 72.8 Å². The molecule has 0 spiro atoms. The van der Waals surface area contributed by atoms with Crippen molar-refractivity contribution in [3.05, 3.63) is 107 Å². The van der Waals surface area contributed by atoms with Crippen LogP contribution in [-0.4, -0.2) is 40.1 Å². The summed E-state index contributed by atoms with van der Waals surface area (Å²) in [6.07, 6.45) is -2.74. The van der Waals surface area contributed by atoms with Crippen molar-refractivity contribution in [3.63, 3.8) is 0 Å². The molecule has 4 rings (SSSR count). The number of nitrogens with zero attached hydrogens (tertiary/aromatic N) is 2. The Bertz CT molecular complexity index is 1490. The number of ether oxygens (including phenoxy) is 3. The summed E-state index contributed by atoms with van der Waals surface area (Å²) in [6.45, 7) is 4.44. The van der Waals surface area contributed by atoms with Crippen molar-refractivity contribution >= 4 is 23.9 Å². The average Bonchev–Trinajstić information content (AvgIpc) is 3.27. The Morgan fingerprint density at radius 1 is 0.902 bits per heavy atom. The predicted molar refractivity (Wildman–Crippen MR) is 146 cm³/mol. The summed E-state index contributed by atoms with van der Waals surface area (Å²) in [7, 11) is 0. The van der Waals surface area contributed by atoms with Crippen LogP contribution in [0.4, 0.5) is 9.59 Å². The van der Waals surface area contributed by atoms with Crippen LogP contribution in [0.15, 0.2) is 78.9 Å². The molecule has 0 unspecified atom stereocenters. The molecule has 0 fully saturated rings. The van der Waals surface area contributed by atoms with Crippen molar-refractivity contribution in [2.24, 2.45) is 0 Å². The van der Waals surface area contributed by atoms with E-state index in [2.05, 4.69) is 5.43 Å². The third kappa shape index (κ3) is 6.36. The molecule has 10 nitrogen and oxygen atoms in total. The topological polar surface area (TPSA) is 135 Å². The second-order valence-electron chi connectivity index (χ2n) is 10.4. The average molecular weight is 556 g/mol. The van der Waals surface area contributed by atoms with Gasteiger partial charge in [0.2, 0.25) is 11.3 Å². The van der Waals surface area contributed by atoms with E-state index in [0.717, 1.165) is 0 Å². The summed E-state index contributed by atoms with van der Waals surface area (Å²) >= 11 is 0. The van der Waals surface area contributed by atoms with E-state index >= 15 is 0 Å². The molecule has 0 heterocycles. The number of nitriles is 1. The largest absolute Gasteiger partial charge is 0.458 e. The maximum absolute atomic E-state index is 14.0. The molecule has 1 aliphatic carbocycles. The standard InChI is InChI=1S/C31H29N3O7/c1-30(2,3)41-27(36)31(17-25-23(18-32)15-10-16-24(25)26(31)35)34(29(38)40-20-22-13-8-5-9-14-22)33-28(37)39-19-21-11-6-4-7-12-21/h4-16H,17,19-20H2,1-3H3,(H,33,37)/t31-/m0/s1. The van der Waals surface area contributed by atoms with Gasteiger partial charge < -0.3 is 14.2 Å². The van der Waals surface area contributed by atoms with Gasteiger partial charge in [0.05, 0.1) is 11.6 Å². The number of amides is 2. The fraction of sp³-hybridized carbons (Fsp3) is 0.258. The Morgan fingerprint density at radius 3 is 2.05 bits per heavy atom. The van der Waals surface area contributed by atoms with Crippen LogP contribution in [0.3, 0.4) is 0 Å². The quantitative estimate of drug-likeness (QED) is 0.197. The molecule has 0 radical (unpaired) electrons. The summed E-state index contributed by atoms with van der Waals surface area (Å²) in [4.78, 5) is 54.6. The van der Waals surface area contributed by atoms with E-state index in [1.54, 1.807) is 81.4 Å². The van der Waals surface area contributed by atoms with Crippen LogP contribution in [-0.2, 0) is 38.6 Å². The number of Topliss-reactive ketones (excluding diaryl/α,β-unsaturated/α-hetero) is 1. The highest BCUT2D eigenvalue weighted by Crippen LogP contribution is 2.38. The minimum Gasteiger partial charge on any atom is -0.458 e. The van der Waals surface area contributed by atoms with Gasteiger partial charge >= 0.3 is 18.2 Å². The van der Waals surface area contributed by atoms with Crippen LogP contribution in [0.1, 0.15) is 53.4 Å². The normalized spacial score (nSPS) is 15.7. The molecule has 2 amide bonds. The zero-order valence-corrected chi connectivity index (χ0v) is 22.9. The molecule has 41 heavy (non-hydrogen) atoms. The van der Waals surface area contributed by atoms with Crippen LogP contribution in [0.25, 0.3) is 0 Å². The highest BCUT2D eigenvalue weighted by Gasteiger charge is 2.61. The lowest BCUT2D eigenvalue weighted by Crippen LogP contribution is -2.68. The number of ketones is 1. The van der Waals surface area contributed by atoms with Crippen molar-refractivity contribution in [2.75, 3.05) is 0 Å². The van der Waals surface area contributed by atoms with Gasteiger partial charge in [0.25, 0.3) is 0 Å². The Kier molecular flexibility index (Phi) is 8.38. The SMILES string of the molecule is CC(C)(C)OC(=O)[C@]1(N(NC(=O)OCc2ccccc2)C(=O)OCc2ccccc2)Cc2c(C#N)cccc2C1=O. The molecule has 0 saturated carbocycles. The monoisotopic (exact) mass is 555 g/mol. The number of nitrogens with one attached hydrogen (secondary N) is 1. The van der Waals surface area contributed by atoms with E-state index in [9.17, 15) is 24.4 Å². The van der Waals surface area contributed by atoms with Crippen LogP contribution in [0.5, 0.6) is 0 Å². The maximum atomic E-state index is 14.0. The molecule has 0 aromatic heterocycles. The molecule has 1 atom stereocenters. The Labute approximate surface area is 237 Å². The van der Waals surface area contributed by atoms with Crippen LogP contribution >= 0.6 is 0 Å². The molecular weight excluding hydrogens is 526 g/mol. The molecular formula is C31H29N3O7. The number of hydrazine groups is 1. The Morgan fingerprint density at radius 2 is 1.49 bits per heavy atom. The van der Waals surface area contributed by atoms with Crippen LogP contribution in [0, 0.1) is 11.3 Å². The second kappa shape index (κ2) is 11.9. The number of benzene rings is 3. The highest BCUT2D eigenvalue weighted by molar-refractivity contribution is 6.21. The molecule has 3 aromatic rings. The summed E-state index contributed by atoms with van der Waals surface area (Å²) < 4.78 is 16.4. The van der Waals surface area contributed by atoms with E-state index in [1.165, 1.54) is 18.2 Å². The number of carbonyl (C=O) groups is 4. The number of hydrogen-bond donors (Lipinski definition) is 1. The van der Waals surface area contributed by atoms with Crippen molar-refractivity contribution in [2.45, 2.75) is 51.5 Å². The maximum Gasteiger partial charge on any atom is 0.430 e. The van der Waals surface area contributed by atoms with Crippen molar-refractivity contribution in [1.82, 2.24) is 10.4 Å². The number of carbonyl (C=O) groups excluding carboxylic acids is 4. The molecule has 1 N–H and O–H groups in total. The molecule has 10 heteroatoms. The first kappa shape index (κ1) is 28.8. The number of fused-ring (bicyclic) bond motifs is 1. The third-order valence-corrected chi connectivity index (χ3v) is 6.27. The van der Waals surface area contributed by atoms with E-state index in [-0.39, 0.29) is 29.9 Å². The van der Waals surface area contributed by atoms with Crippen molar-refractivity contribution in [1.29, 1.82) is 5.26 Å². The lowest BCUT2D eigenvalue weighted by atomic mass is 9.93. The van der Waals surface area contributed by atoms with Gasteiger partial charge in [0.1, 0.15) is 18.8 Å². The van der Waals surface area contributed by atoms with Gasteiger partial charge in [-0.2, -0.15) is 10.3 Å². The van der Waals surface area contributed by atoms with E-state index in [0.29, 0.717) is 16.1 Å². The van der Waals surface area contributed by atoms with Gasteiger partial charge in [-0.15, -0.1) is 0 Å². The number of esters is 1. The Balaban J connectivity index is 1.74. The lowest BCUT2D eigenvalue weighted by Gasteiger charge is -2.37. The van der Waals surface area contributed by atoms with E-state index < -0.39 is 41.5 Å². The zero-order valence-electron chi connectivity index (χ0n) is 22.9. The highest BCUT2D eigenvalue weighted by atomic mass is 16.6. The van der Waals surface area contributed by atoms with Gasteiger partial charge in [-0.3, -0.25) is 4.79 Å². The lowest BCUT2D eigenvalue weighted by molar-refractivity contribution is -0.166. The minimum absolute atomic E-state index is 0.0511. The van der Waals surface area contributed by atoms with Crippen molar-refractivity contribution in [3.8, 4) is 6.07 Å². The van der Waals surface area contributed by atoms with Gasteiger partial charge in [-0.05, 0) is 43.5 Å². The number of hydrogen-bond acceptors (Lipinski definition) is 8.